The summed E-state index contributed by atoms with van der Waals surface area (Å²) >= 11 is 0. The number of halogens is 5. The molecule has 10 nitrogen and oxygen atoms in total. The Morgan fingerprint density at radius 2 is 1.96 bits per heavy atom. The zero-order chi connectivity index (χ0) is 32.1. The Morgan fingerprint density at radius 3 is 2.76 bits per heavy atom. The maximum absolute atomic E-state index is 16.9. The quantitative estimate of drug-likeness (QED) is 0.407. The second kappa shape index (κ2) is 10.5. The van der Waals surface area contributed by atoms with E-state index in [2.05, 4.69) is 25.1 Å². The molecule has 5 aliphatic rings. The molecule has 0 aromatic carbocycles. The van der Waals surface area contributed by atoms with Crippen LogP contribution in [0.25, 0.3) is 22.3 Å². The topological polar surface area (TPSA) is 114 Å². The van der Waals surface area contributed by atoms with E-state index < -0.39 is 46.1 Å². The van der Waals surface area contributed by atoms with Crippen LogP contribution >= 0.6 is 0 Å². The van der Waals surface area contributed by atoms with Gasteiger partial charge in [0.05, 0.1) is 16.8 Å². The molecular formula is C31H35F5N8O2. The molecule has 3 aromatic rings. The van der Waals surface area contributed by atoms with Gasteiger partial charge in [-0.1, -0.05) is 0 Å². The van der Waals surface area contributed by atoms with Crippen molar-refractivity contribution < 1.29 is 26.7 Å². The molecule has 246 valence electrons. The Kier molecular flexibility index (Phi) is 6.77. The van der Waals surface area contributed by atoms with Crippen LogP contribution in [0.15, 0.2) is 10.9 Å². The first-order valence-electron chi connectivity index (χ1n) is 16.0. The minimum absolute atomic E-state index is 0.0115. The van der Waals surface area contributed by atoms with Gasteiger partial charge in [-0.15, -0.1) is 0 Å². The molecule has 15 heteroatoms. The number of hydrogen-bond donors (Lipinski definition) is 2. The smallest absolute Gasteiger partial charge is 0.418 e. The highest BCUT2D eigenvalue weighted by atomic mass is 19.4. The third-order valence-corrected chi connectivity index (χ3v) is 10.7. The first-order chi connectivity index (χ1) is 21.9. The van der Waals surface area contributed by atoms with Crippen LogP contribution in [0.1, 0.15) is 56.1 Å². The number of nitrogens with two attached hydrogens (primary N) is 1. The summed E-state index contributed by atoms with van der Waals surface area (Å²) in [5.41, 5.74) is 0.917. The number of pyridine rings is 2. The Labute approximate surface area is 261 Å². The van der Waals surface area contributed by atoms with E-state index in [1.807, 2.05) is 0 Å². The number of nitrogens with zero attached hydrogens (tertiary/aromatic N) is 6. The first kappa shape index (κ1) is 29.8. The number of alkyl halides is 4. The number of fused-ring (bicyclic) bond motifs is 6. The van der Waals surface area contributed by atoms with Crippen LogP contribution < -0.4 is 26.2 Å². The Balaban J connectivity index is 1.35. The van der Waals surface area contributed by atoms with E-state index in [-0.39, 0.29) is 59.7 Å². The van der Waals surface area contributed by atoms with Gasteiger partial charge in [0.15, 0.2) is 11.6 Å². The monoisotopic (exact) mass is 646 g/mol. The van der Waals surface area contributed by atoms with Crippen molar-refractivity contribution in [2.75, 3.05) is 36.9 Å². The summed E-state index contributed by atoms with van der Waals surface area (Å²) in [5.74, 6) is -1.20. The lowest BCUT2D eigenvalue weighted by molar-refractivity contribution is -0.137. The van der Waals surface area contributed by atoms with Gasteiger partial charge in [-0.05, 0) is 63.6 Å². The van der Waals surface area contributed by atoms with Crippen molar-refractivity contribution in [1.82, 2.24) is 29.7 Å². The molecule has 5 aliphatic heterocycles. The van der Waals surface area contributed by atoms with Crippen molar-refractivity contribution in [3.63, 3.8) is 0 Å². The number of hydrogen-bond acceptors (Lipinski definition) is 9. The summed E-state index contributed by atoms with van der Waals surface area (Å²) in [5, 5.41) is 3.66. The fraction of sp³-hybridized carbons (Fsp3) is 0.613. The second-order valence-corrected chi connectivity index (χ2v) is 13.5. The van der Waals surface area contributed by atoms with Crippen LogP contribution in [0.5, 0.6) is 6.01 Å². The lowest BCUT2D eigenvalue weighted by Crippen LogP contribution is -2.58. The third-order valence-electron chi connectivity index (χ3n) is 10.7. The predicted octanol–water partition coefficient (Wildman–Crippen LogP) is 3.96. The minimum atomic E-state index is -4.94. The van der Waals surface area contributed by atoms with Gasteiger partial charge in [-0.25, -0.2) is 13.8 Å². The fourth-order valence-electron chi connectivity index (χ4n) is 8.79. The summed E-state index contributed by atoms with van der Waals surface area (Å²) in [6, 6.07) is 1.23. The van der Waals surface area contributed by atoms with Gasteiger partial charge in [0.1, 0.15) is 35.2 Å². The van der Waals surface area contributed by atoms with Crippen molar-refractivity contribution in [3.8, 4) is 17.3 Å². The summed E-state index contributed by atoms with van der Waals surface area (Å²) in [4.78, 5) is 31.4. The van der Waals surface area contributed by atoms with Gasteiger partial charge in [0, 0.05) is 44.2 Å². The van der Waals surface area contributed by atoms with Crippen LogP contribution in [0.2, 0.25) is 0 Å². The first-order valence-corrected chi connectivity index (χ1v) is 16.0. The summed E-state index contributed by atoms with van der Waals surface area (Å²) in [6.45, 7) is 3.02. The maximum Gasteiger partial charge on any atom is 0.418 e. The van der Waals surface area contributed by atoms with E-state index in [0.29, 0.717) is 38.2 Å². The number of piperazine rings is 1. The second-order valence-electron chi connectivity index (χ2n) is 13.5. The van der Waals surface area contributed by atoms with Crippen molar-refractivity contribution in [3.05, 3.63) is 33.4 Å². The molecule has 8 heterocycles. The molecule has 3 unspecified atom stereocenters. The molecule has 5 atom stereocenters. The number of ether oxygens (including phenoxy) is 1. The molecule has 4 fully saturated rings. The van der Waals surface area contributed by atoms with Gasteiger partial charge in [-0.2, -0.15) is 23.1 Å². The molecule has 4 saturated heterocycles. The molecule has 0 saturated carbocycles. The fourth-order valence-corrected chi connectivity index (χ4v) is 8.79. The van der Waals surface area contributed by atoms with Gasteiger partial charge >= 0.3 is 12.2 Å². The molecule has 3 aromatic heterocycles. The van der Waals surface area contributed by atoms with Crippen molar-refractivity contribution >= 4 is 22.7 Å². The van der Waals surface area contributed by atoms with E-state index in [1.54, 1.807) is 0 Å². The molecule has 2 bridgehead atoms. The highest BCUT2D eigenvalue weighted by Gasteiger charge is 2.50. The van der Waals surface area contributed by atoms with Gasteiger partial charge in [0.2, 0.25) is 0 Å². The van der Waals surface area contributed by atoms with Crippen LogP contribution in [-0.4, -0.2) is 80.5 Å². The maximum atomic E-state index is 16.9. The molecule has 8 rings (SSSR count). The van der Waals surface area contributed by atoms with Crippen molar-refractivity contribution in [1.29, 1.82) is 0 Å². The molecule has 0 aliphatic carbocycles. The molecule has 46 heavy (non-hydrogen) atoms. The van der Waals surface area contributed by atoms with Gasteiger partial charge in [0.25, 0.3) is 5.56 Å². The van der Waals surface area contributed by atoms with Crippen LogP contribution in [0.3, 0.4) is 0 Å². The summed E-state index contributed by atoms with van der Waals surface area (Å²) in [7, 11) is 0. The summed E-state index contributed by atoms with van der Waals surface area (Å²) < 4.78 is 82.0. The molecule has 0 spiro atoms. The van der Waals surface area contributed by atoms with E-state index >= 15 is 4.39 Å². The standard InChI is InChI=1S/C31H35F5N8O2/c1-15-10-20(37)39-24(22(15)31(34,35)36)21-23(33)25-26-27(41-29(40-25)46-14-30-7-3-8-42(30)12-16(32)11-30)44-13-17-5-6-18(38-17)19(44)4-2-9-43(26)28(21)45/h10,16-19,38H,2-9,11-14H2,1H3,(H2,37,39)/t16-,17?,18?,19?,30+/m1/s1. The Morgan fingerprint density at radius 1 is 1.13 bits per heavy atom. The Bertz CT molecular complexity index is 1800. The molecular weight excluding hydrogens is 611 g/mol. The van der Waals surface area contributed by atoms with Crippen LogP contribution in [0.4, 0.5) is 33.6 Å². The normalized spacial score (nSPS) is 29.1. The van der Waals surface area contributed by atoms with Gasteiger partial charge < -0.3 is 25.3 Å². The zero-order valence-electron chi connectivity index (χ0n) is 25.3. The average Bonchev–Trinajstić information content (AvgIpc) is 3.64. The molecule has 0 radical (unpaired) electrons. The highest BCUT2D eigenvalue weighted by molar-refractivity contribution is 5.91. The third kappa shape index (κ3) is 4.55. The SMILES string of the molecule is Cc1cc(N)nc(-c2c(F)c3nc(OC[C@@]45CCCN4C[C@H](F)C5)nc4c3n(c2=O)CCCC2C3CCC(CN42)N3)c1C(F)(F)F. The zero-order valence-corrected chi connectivity index (χ0v) is 25.3. The number of rotatable bonds is 4. The Hall–Kier alpha value is -3.59. The van der Waals surface area contributed by atoms with Crippen molar-refractivity contribution in [2.45, 2.75) is 94.4 Å². The van der Waals surface area contributed by atoms with Crippen molar-refractivity contribution in [2.24, 2.45) is 0 Å². The summed E-state index contributed by atoms with van der Waals surface area (Å²) in [6.07, 6.45) is -0.867. The van der Waals surface area contributed by atoms with E-state index in [0.717, 1.165) is 38.3 Å². The molecule has 3 N–H and O–H groups in total. The molecule has 0 amide bonds. The average molecular weight is 647 g/mol. The predicted molar refractivity (Wildman–Crippen MR) is 160 cm³/mol. The minimum Gasteiger partial charge on any atom is -0.461 e. The highest BCUT2D eigenvalue weighted by Crippen LogP contribution is 2.43. The lowest BCUT2D eigenvalue weighted by atomic mass is 9.95. The number of aromatic nitrogens is 4. The lowest BCUT2D eigenvalue weighted by Gasteiger charge is -2.43. The number of nitrogen functional groups attached to an aromatic ring is 1. The van der Waals surface area contributed by atoms with E-state index in [1.165, 1.54) is 11.5 Å². The van der Waals surface area contributed by atoms with Gasteiger partial charge in [-0.3, -0.25) is 9.69 Å². The number of aryl methyl sites for hydroxylation is 2. The van der Waals surface area contributed by atoms with E-state index in [4.69, 9.17) is 15.5 Å². The van der Waals surface area contributed by atoms with Crippen LogP contribution in [-0.2, 0) is 12.7 Å². The number of anilines is 2. The number of nitrogens with one attached hydrogen (secondary N) is 1. The van der Waals surface area contributed by atoms with Crippen LogP contribution in [0, 0.1) is 12.7 Å². The van der Waals surface area contributed by atoms with E-state index in [9.17, 15) is 22.4 Å². The largest absolute Gasteiger partial charge is 0.461 e.